The molecule has 20 heavy (non-hydrogen) atoms. The highest BCUT2D eigenvalue weighted by Gasteiger charge is 2.29. The monoisotopic (exact) mass is 288 g/mol. The lowest BCUT2D eigenvalue weighted by Gasteiger charge is -2.33. The lowest BCUT2D eigenvalue weighted by molar-refractivity contribution is -0.325. The smallest absolute Gasteiger partial charge is 0.311 e. The van der Waals surface area contributed by atoms with Gasteiger partial charge in [0.05, 0.1) is 6.61 Å². The average molecular weight is 288 g/mol. The molecule has 0 spiro atoms. The number of nitrogens with zero attached hydrogens (tertiary/aromatic N) is 1. The summed E-state index contributed by atoms with van der Waals surface area (Å²) in [5.74, 6) is 0. The lowest BCUT2D eigenvalue weighted by atomic mass is 10.0. The number of rotatable bonds is 5. The van der Waals surface area contributed by atoms with Crippen LogP contribution in [0.5, 0.6) is 0 Å². The van der Waals surface area contributed by atoms with E-state index in [1.807, 2.05) is 23.1 Å². The zero-order valence-corrected chi connectivity index (χ0v) is 11.2. The number of hydrogen-bond acceptors (Lipinski definition) is 3. The van der Waals surface area contributed by atoms with Crippen molar-refractivity contribution in [2.75, 3.05) is 32.8 Å². The quantitative estimate of drug-likeness (QED) is 0.897. The van der Waals surface area contributed by atoms with Crippen LogP contribution in [0.3, 0.4) is 0 Å². The Kier molecular flexibility index (Phi) is 5.39. The molecule has 0 aromatic heterocycles. The molecule has 1 heterocycles. The molecule has 1 aliphatic heterocycles. The number of nitrogens with one attached hydrogen (secondary N) is 1. The fourth-order valence-electron chi connectivity index (χ4n) is 2.42. The summed E-state index contributed by atoms with van der Waals surface area (Å²) in [4.78, 5) is 2.01. The van der Waals surface area contributed by atoms with Crippen LogP contribution >= 0.6 is 0 Å². The minimum atomic E-state index is -4.53. The molecule has 1 aromatic carbocycles. The highest BCUT2D eigenvalue weighted by molar-refractivity contribution is 5.16. The van der Waals surface area contributed by atoms with Crippen molar-refractivity contribution in [3.05, 3.63) is 35.9 Å². The van der Waals surface area contributed by atoms with Crippen LogP contribution in [0.15, 0.2) is 30.3 Å². The Bertz CT molecular complexity index is 397. The van der Waals surface area contributed by atoms with Crippen molar-refractivity contribution in [2.24, 2.45) is 0 Å². The molecule has 1 saturated heterocycles. The molecule has 1 unspecified atom stereocenters. The van der Waals surface area contributed by atoms with E-state index < -0.39 is 6.36 Å². The number of piperazine rings is 1. The Balaban J connectivity index is 1.74. The van der Waals surface area contributed by atoms with Crippen molar-refractivity contribution in [3.8, 4) is 0 Å². The van der Waals surface area contributed by atoms with E-state index in [2.05, 4.69) is 22.2 Å². The summed E-state index contributed by atoms with van der Waals surface area (Å²) in [5.41, 5.74) is 1.23. The van der Waals surface area contributed by atoms with Crippen LogP contribution in [0, 0.1) is 0 Å². The molecule has 1 fully saturated rings. The highest BCUT2D eigenvalue weighted by atomic mass is 19.4. The van der Waals surface area contributed by atoms with Gasteiger partial charge in [0.2, 0.25) is 0 Å². The fraction of sp³-hybridized carbons (Fsp3) is 0.571. The van der Waals surface area contributed by atoms with Crippen LogP contribution in [-0.4, -0.2) is 50.1 Å². The largest absolute Gasteiger partial charge is 0.522 e. The molecule has 1 atom stereocenters. The van der Waals surface area contributed by atoms with Gasteiger partial charge in [-0.25, -0.2) is 0 Å². The maximum Gasteiger partial charge on any atom is 0.522 e. The maximum absolute atomic E-state index is 11.9. The lowest BCUT2D eigenvalue weighted by Crippen LogP contribution is -2.52. The second-order valence-corrected chi connectivity index (χ2v) is 4.94. The zero-order chi connectivity index (χ0) is 14.4. The van der Waals surface area contributed by atoms with Crippen LogP contribution < -0.4 is 5.32 Å². The molecule has 3 nitrogen and oxygen atoms in total. The maximum atomic E-state index is 11.9. The highest BCUT2D eigenvalue weighted by Crippen LogP contribution is 2.16. The summed E-state index contributed by atoms with van der Waals surface area (Å²) < 4.78 is 39.6. The third-order valence-electron chi connectivity index (χ3n) is 3.34. The fourth-order valence-corrected chi connectivity index (χ4v) is 2.42. The molecular formula is C14H19F3N2O. The molecule has 1 aliphatic rings. The zero-order valence-electron chi connectivity index (χ0n) is 11.2. The van der Waals surface area contributed by atoms with Gasteiger partial charge in [-0.2, -0.15) is 0 Å². The Morgan fingerprint density at radius 1 is 1.25 bits per heavy atom. The van der Waals surface area contributed by atoms with E-state index in [9.17, 15) is 13.2 Å². The second-order valence-electron chi connectivity index (χ2n) is 4.94. The van der Waals surface area contributed by atoms with Crippen LogP contribution in [0.2, 0.25) is 0 Å². The van der Waals surface area contributed by atoms with Gasteiger partial charge in [-0.1, -0.05) is 30.3 Å². The van der Waals surface area contributed by atoms with Crippen LogP contribution in [0.4, 0.5) is 13.2 Å². The average Bonchev–Trinajstić information content (AvgIpc) is 2.39. The Hall–Kier alpha value is -1.11. The van der Waals surface area contributed by atoms with E-state index in [4.69, 9.17) is 0 Å². The van der Waals surface area contributed by atoms with E-state index in [1.54, 1.807) is 0 Å². The van der Waals surface area contributed by atoms with E-state index >= 15 is 0 Å². The van der Waals surface area contributed by atoms with Gasteiger partial charge in [-0.15, -0.1) is 13.2 Å². The number of halogens is 3. The van der Waals surface area contributed by atoms with Crippen molar-refractivity contribution in [2.45, 2.75) is 18.8 Å². The molecule has 0 aliphatic carbocycles. The topological polar surface area (TPSA) is 24.5 Å². The van der Waals surface area contributed by atoms with Gasteiger partial charge in [0.1, 0.15) is 0 Å². The standard InChI is InChI=1S/C14H19F3N2O/c15-14(16,17)20-9-8-19-7-6-18-13(11-19)10-12-4-2-1-3-5-12/h1-5,13,18H,6-11H2. The van der Waals surface area contributed by atoms with E-state index in [1.165, 1.54) is 5.56 Å². The SMILES string of the molecule is FC(F)(F)OCCN1CCNC(Cc2ccccc2)C1. The number of hydrogen-bond donors (Lipinski definition) is 1. The molecule has 2 rings (SSSR count). The number of alkyl halides is 3. The molecule has 0 radical (unpaired) electrons. The van der Waals surface area contributed by atoms with Crippen LogP contribution in [-0.2, 0) is 11.2 Å². The molecule has 1 N–H and O–H groups in total. The Labute approximate surface area is 116 Å². The predicted octanol–water partition coefficient (Wildman–Crippen LogP) is 2.04. The van der Waals surface area contributed by atoms with Crippen LogP contribution in [0.25, 0.3) is 0 Å². The molecule has 0 saturated carbocycles. The van der Waals surface area contributed by atoms with Gasteiger partial charge in [-0.3, -0.25) is 9.64 Å². The van der Waals surface area contributed by atoms with Crippen LogP contribution in [0.1, 0.15) is 5.56 Å². The van der Waals surface area contributed by atoms with Gasteiger partial charge in [0.25, 0.3) is 0 Å². The van der Waals surface area contributed by atoms with E-state index in [-0.39, 0.29) is 12.6 Å². The molecule has 112 valence electrons. The van der Waals surface area contributed by atoms with Crippen molar-refractivity contribution in [1.82, 2.24) is 10.2 Å². The second kappa shape index (κ2) is 7.06. The first-order valence-corrected chi connectivity index (χ1v) is 6.73. The molecule has 6 heteroatoms. The van der Waals surface area contributed by atoms with Gasteiger partial charge < -0.3 is 5.32 Å². The van der Waals surface area contributed by atoms with Gasteiger partial charge in [0.15, 0.2) is 0 Å². The van der Waals surface area contributed by atoms with E-state index in [0.29, 0.717) is 6.54 Å². The Morgan fingerprint density at radius 3 is 2.70 bits per heavy atom. The van der Waals surface area contributed by atoms with E-state index in [0.717, 1.165) is 26.1 Å². The number of ether oxygens (including phenoxy) is 1. The molecule has 0 amide bonds. The van der Waals surface area contributed by atoms with Gasteiger partial charge >= 0.3 is 6.36 Å². The minimum absolute atomic E-state index is 0.275. The summed E-state index contributed by atoms with van der Waals surface area (Å²) in [6.07, 6.45) is -3.64. The van der Waals surface area contributed by atoms with Gasteiger partial charge in [0, 0.05) is 32.2 Å². The number of benzene rings is 1. The summed E-state index contributed by atoms with van der Waals surface area (Å²) in [5, 5.41) is 3.40. The first kappa shape index (κ1) is 15.3. The first-order valence-electron chi connectivity index (χ1n) is 6.73. The van der Waals surface area contributed by atoms with Gasteiger partial charge in [-0.05, 0) is 12.0 Å². The third kappa shape index (κ3) is 5.48. The Morgan fingerprint density at radius 2 is 2.00 bits per heavy atom. The predicted molar refractivity (Wildman–Crippen MR) is 70.4 cm³/mol. The summed E-state index contributed by atoms with van der Waals surface area (Å²) in [7, 11) is 0. The molecule has 1 aromatic rings. The molecule has 0 bridgehead atoms. The third-order valence-corrected chi connectivity index (χ3v) is 3.34. The summed E-state index contributed by atoms with van der Waals surface area (Å²) in [6.45, 7) is 2.31. The van der Waals surface area contributed by atoms with Crippen molar-refractivity contribution in [3.63, 3.8) is 0 Å². The normalized spacial score (nSPS) is 21.1. The summed E-state index contributed by atoms with van der Waals surface area (Å²) >= 11 is 0. The van der Waals surface area contributed by atoms with Crippen molar-refractivity contribution >= 4 is 0 Å². The van der Waals surface area contributed by atoms with Crippen molar-refractivity contribution in [1.29, 1.82) is 0 Å². The van der Waals surface area contributed by atoms with Crippen molar-refractivity contribution < 1.29 is 17.9 Å². The first-order chi connectivity index (χ1) is 9.53. The minimum Gasteiger partial charge on any atom is -0.311 e. The molecular weight excluding hydrogens is 269 g/mol. The summed E-state index contributed by atoms with van der Waals surface area (Å²) in [6, 6.07) is 10.4.